The van der Waals surface area contributed by atoms with Crippen LogP contribution >= 0.6 is 0 Å². The van der Waals surface area contributed by atoms with Gasteiger partial charge in [0.15, 0.2) is 0 Å². The van der Waals surface area contributed by atoms with Gasteiger partial charge in [0.25, 0.3) is 17.7 Å². The molecular weight excluding hydrogens is 410 g/mol. The van der Waals surface area contributed by atoms with Crippen LogP contribution in [0.25, 0.3) is 0 Å². The van der Waals surface area contributed by atoms with Crippen molar-refractivity contribution in [3.63, 3.8) is 0 Å². The third-order valence-corrected chi connectivity index (χ3v) is 4.93. The Labute approximate surface area is 180 Å². The molecule has 0 aliphatic carbocycles. The lowest BCUT2D eigenvalue weighted by molar-refractivity contribution is -0.121. The molecule has 0 radical (unpaired) electrons. The lowest BCUT2D eigenvalue weighted by atomic mass is 9.89. The normalized spacial score (nSPS) is 12.8. The molecule has 1 aromatic carbocycles. The van der Waals surface area contributed by atoms with E-state index in [1.807, 2.05) is 0 Å². The van der Waals surface area contributed by atoms with E-state index in [1.165, 1.54) is 7.05 Å². The maximum atomic E-state index is 12.9. The van der Waals surface area contributed by atoms with E-state index in [2.05, 4.69) is 10.6 Å². The Hall–Kier alpha value is -2.57. The van der Waals surface area contributed by atoms with Crippen LogP contribution in [-0.2, 0) is 4.79 Å². The van der Waals surface area contributed by atoms with Crippen molar-refractivity contribution >= 4 is 23.4 Å². The zero-order valence-electron chi connectivity index (χ0n) is 18.1. The molecule has 3 amide bonds. The van der Waals surface area contributed by atoms with Gasteiger partial charge in [-0.3, -0.25) is 14.4 Å². The van der Waals surface area contributed by atoms with Crippen LogP contribution in [0, 0.1) is 20.8 Å². The zero-order chi connectivity index (χ0) is 23.9. The Morgan fingerprint density at radius 3 is 1.52 bits per heavy atom. The second kappa shape index (κ2) is 11.7. The molecule has 0 fully saturated rings. The van der Waals surface area contributed by atoms with Gasteiger partial charge in [0.1, 0.15) is 6.61 Å². The summed E-state index contributed by atoms with van der Waals surface area (Å²) >= 11 is 0. The Bertz CT molecular complexity index is 774. The monoisotopic (exact) mass is 441 g/mol. The number of likely N-dealkylation sites (N-methyl/N-ethyl adjacent to an activating group) is 1. The fraction of sp³-hybridized carbons (Fsp3) is 0.550. The molecule has 0 saturated heterocycles. The molecule has 31 heavy (non-hydrogen) atoms. The van der Waals surface area contributed by atoms with Crippen molar-refractivity contribution in [1.29, 1.82) is 0 Å². The van der Waals surface area contributed by atoms with Gasteiger partial charge >= 0.3 is 0 Å². The number of nitrogens with zero attached hydrogens (tertiary/aromatic N) is 1. The minimum atomic E-state index is -1.17. The van der Waals surface area contributed by atoms with Crippen LogP contribution in [0.1, 0.15) is 37.4 Å². The van der Waals surface area contributed by atoms with Gasteiger partial charge in [-0.15, -0.1) is 0 Å². The summed E-state index contributed by atoms with van der Waals surface area (Å²) in [4.78, 5) is 39.0. The third-order valence-electron chi connectivity index (χ3n) is 4.93. The van der Waals surface area contributed by atoms with E-state index in [1.54, 1.807) is 20.8 Å². The van der Waals surface area contributed by atoms with E-state index in [-0.39, 0.29) is 29.9 Å². The summed E-state index contributed by atoms with van der Waals surface area (Å²) in [6.45, 7) is 2.39. The van der Waals surface area contributed by atoms with Crippen molar-refractivity contribution in [2.75, 3.05) is 44.9 Å². The summed E-state index contributed by atoms with van der Waals surface area (Å²) in [6, 6.07) is 0. The molecule has 0 aromatic heterocycles. The molecule has 2 atom stereocenters. The highest BCUT2D eigenvalue weighted by molar-refractivity contribution is 6.08. The van der Waals surface area contributed by atoms with Crippen LogP contribution in [0.5, 0.6) is 0 Å². The Balaban J connectivity index is 3.59. The first-order chi connectivity index (χ1) is 14.5. The van der Waals surface area contributed by atoms with Crippen LogP contribution in [-0.4, -0.2) is 95.4 Å². The van der Waals surface area contributed by atoms with Crippen molar-refractivity contribution in [2.24, 2.45) is 0 Å². The summed E-state index contributed by atoms with van der Waals surface area (Å²) in [5.74, 6) is -1.91. The molecule has 0 aliphatic rings. The van der Waals surface area contributed by atoms with Gasteiger partial charge in [0.2, 0.25) is 0 Å². The van der Waals surface area contributed by atoms with E-state index < -0.39 is 49.8 Å². The SMILES string of the molecule is Cc1c(C(=O)NCC(O)CO)c(C)c(N(C)C(=O)CO)c(C)c1C(=O)NCC(O)CO. The lowest BCUT2D eigenvalue weighted by Gasteiger charge is -2.27. The smallest absolute Gasteiger partial charge is 0.252 e. The number of aliphatic hydroxyl groups excluding tert-OH is 5. The number of hydrogen-bond acceptors (Lipinski definition) is 8. The minimum Gasteiger partial charge on any atom is -0.394 e. The molecule has 11 nitrogen and oxygen atoms in total. The second-order valence-corrected chi connectivity index (χ2v) is 7.18. The number of amides is 3. The van der Waals surface area contributed by atoms with Gasteiger partial charge in [-0.1, -0.05) is 0 Å². The molecule has 174 valence electrons. The first-order valence-corrected chi connectivity index (χ1v) is 9.67. The van der Waals surface area contributed by atoms with E-state index in [0.29, 0.717) is 16.7 Å². The first-order valence-electron chi connectivity index (χ1n) is 9.67. The molecule has 1 rings (SSSR count). The fourth-order valence-corrected chi connectivity index (χ4v) is 3.35. The van der Waals surface area contributed by atoms with Gasteiger partial charge in [0.05, 0.1) is 31.1 Å². The Morgan fingerprint density at radius 1 is 0.806 bits per heavy atom. The van der Waals surface area contributed by atoms with E-state index in [9.17, 15) is 29.7 Å². The number of nitrogens with one attached hydrogen (secondary N) is 2. The molecule has 0 bridgehead atoms. The Kier molecular flexibility index (Phi) is 10.0. The first kappa shape index (κ1) is 26.5. The lowest BCUT2D eigenvalue weighted by Crippen LogP contribution is -2.38. The largest absolute Gasteiger partial charge is 0.394 e. The van der Waals surface area contributed by atoms with Crippen LogP contribution in [0.4, 0.5) is 5.69 Å². The molecule has 1 aromatic rings. The van der Waals surface area contributed by atoms with Crippen molar-refractivity contribution in [2.45, 2.75) is 33.0 Å². The number of carbonyl (C=O) groups is 3. The summed E-state index contributed by atoms with van der Waals surface area (Å²) in [5, 5.41) is 51.1. The highest BCUT2D eigenvalue weighted by Crippen LogP contribution is 2.33. The quantitative estimate of drug-likeness (QED) is 0.212. The summed E-state index contributed by atoms with van der Waals surface area (Å²) in [7, 11) is 1.40. The summed E-state index contributed by atoms with van der Waals surface area (Å²) < 4.78 is 0. The van der Waals surface area contributed by atoms with Crippen molar-refractivity contribution in [3.8, 4) is 0 Å². The molecule has 0 heterocycles. The van der Waals surface area contributed by atoms with Gasteiger partial charge in [-0.25, -0.2) is 0 Å². The number of carbonyl (C=O) groups excluding carboxylic acids is 3. The van der Waals surface area contributed by atoms with Gasteiger partial charge < -0.3 is 41.1 Å². The summed E-state index contributed by atoms with van der Waals surface area (Å²) in [5.41, 5.74) is 1.50. The maximum absolute atomic E-state index is 12.9. The fourth-order valence-electron chi connectivity index (χ4n) is 3.35. The number of benzene rings is 1. The van der Waals surface area contributed by atoms with Crippen molar-refractivity contribution in [3.05, 3.63) is 27.8 Å². The molecule has 0 aliphatic heterocycles. The average Bonchev–Trinajstić information content (AvgIpc) is 2.74. The van der Waals surface area contributed by atoms with Gasteiger partial charge in [0, 0.05) is 31.3 Å². The number of rotatable bonds is 10. The zero-order valence-corrected chi connectivity index (χ0v) is 18.1. The molecule has 11 heteroatoms. The minimum absolute atomic E-state index is 0.0937. The predicted octanol–water partition coefficient (Wildman–Crippen LogP) is -2.27. The topological polar surface area (TPSA) is 180 Å². The van der Waals surface area contributed by atoms with Crippen molar-refractivity contribution < 1.29 is 39.9 Å². The molecular formula is C20H31N3O8. The number of aliphatic hydroxyl groups is 5. The van der Waals surface area contributed by atoms with E-state index >= 15 is 0 Å². The highest BCUT2D eigenvalue weighted by atomic mass is 16.3. The van der Waals surface area contributed by atoms with Gasteiger partial charge in [-0.2, -0.15) is 0 Å². The molecule has 0 saturated carbocycles. The molecule has 0 spiro atoms. The number of hydrogen-bond donors (Lipinski definition) is 7. The average molecular weight is 441 g/mol. The van der Waals surface area contributed by atoms with Crippen LogP contribution in [0.15, 0.2) is 0 Å². The third kappa shape index (κ3) is 6.21. The van der Waals surface area contributed by atoms with Crippen LogP contribution < -0.4 is 15.5 Å². The Morgan fingerprint density at radius 2 is 1.19 bits per heavy atom. The van der Waals surface area contributed by atoms with E-state index in [0.717, 1.165) is 4.90 Å². The number of anilines is 1. The summed E-state index contributed by atoms with van der Waals surface area (Å²) in [6.07, 6.45) is -2.34. The standard InChI is InChI=1S/C20H31N3O8/c1-10-16(19(30)21-5-13(27)7-24)11(2)18(23(4)15(29)9-26)12(3)17(10)20(31)22-6-14(28)8-25/h13-14,24-28H,5-9H2,1-4H3,(H,21,30)(H,22,31). The maximum Gasteiger partial charge on any atom is 0.252 e. The highest BCUT2D eigenvalue weighted by Gasteiger charge is 2.28. The van der Waals surface area contributed by atoms with E-state index in [4.69, 9.17) is 10.2 Å². The van der Waals surface area contributed by atoms with Crippen LogP contribution in [0.2, 0.25) is 0 Å². The predicted molar refractivity (Wildman–Crippen MR) is 112 cm³/mol. The van der Waals surface area contributed by atoms with Gasteiger partial charge in [-0.05, 0) is 37.5 Å². The molecule has 7 N–H and O–H groups in total. The second-order valence-electron chi connectivity index (χ2n) is 7.18. The molecule has 2 unspecified atom stereocenters. The van der Waals surface area contributed by atoms with Crippen molar-refractivity contribution in [1.82, 2.24) is 10.6 Å². The van der Waals surface area contributed by atoms with Crippen LogP contribution in [0.3, 0.4) is 0 Å².